The molecule has 0 aliphatic heterocycles. The molecule has 7 heteroatoms. The van der Waals surface area contributed by atoms with Crippen molar-refractivity contribution >= 4 is 29.1 Å². The number of hydrogen-bond acceptors (Lipinski definition) is 6. The van der Waals surface area contributed by atoms with E-state index in [9.17, 15) is 0 Å². The number of halogens is 1. The molecule has 1 aromatic heterocycles. The number of ether oxygens (including phenoxy) is 1. The monoisotopic (exact) mass is 369 g/mol. The normalized spacial score (nSPS) is 10.4. The van der Waals surface area contributed by atoms with Gasteiger partial charge in [-0.1, -0.05) is 30.7 Å². The van der Waals surface area contributed by atoms with E-state index in [1.807, 2.05) is 48.5 Å². The van der Waals surface area contributed by atoms with Gasteiger partial charge in [0.05, 0.1) is 6.20 Å². The average Bonchev–Trinajstić information content (AvgIpc) is 2.67. The minimum atomic E-state index is 0.445. The second-order valence-corrected chi connectivity index (χ2v) is 6.09. The lowest BCUT2D eigenvalue weighted by Gasteiger charge is -2.09. The number of hydrogen-bond donors (Lipinski definition) is 2. The maximum atomic E-state index is 5.88. The van der Waals surface area contributed by atoms with Gasteiger partial charge in [0.15, 0.2) is 5.82 Å². The van der Waals surface area contributed by atoms with Crippen molar-refractivity contribution < 1.29 is 4.74 Å². The lowest BCUT2D eigenvalue weighted by atomic mass is 10.2. The fourth-order valence-electron chi connectivity index (χ4n) is 2.21. The molecule has 0 bridgehead atoms. The number of nitrogens with zero attached hydrogens (tertiary/aromatic N) is 3. The number of anilines is 3. The maximum Gasteiger partial charge on any atom is 0.249 e. The molecule has 0 saturated carbocycles. The zero-order valence-corrected chi connectivity index (χ0v) is 15.2. The van der Waals surface area contributed by atoms with Crippen molar-refractivity contribution in [3.8, 4) is 5.75 Å². The van der Waals surface area contributed by atoms with Gasteiger partial charge in [-0.25, -0.2) is 0 Å². The average molecular weight is 370 g/mol. The third kappa shape index (κ3) is 5.32. The smallest absolute Gasteiger partial charge is 0.249 e. The van der Waals surface area contributed by atoms with E-state index in [0.717, 1.165) is 35.0 Å². The van der Waals surface area contributed by atoms with Crippen molar-refractivity contribution in [1.82, 2.24) is 15.2 Å². The third-order valence-electron chi connectivity index (χ3n) is 3.54. The molecule has 0 aliphatic carbocycles. The summed E-state index contributed by atoms with van der Waals surface area (Å²) in [6.45, 7) is 3.43. The van der Waals surface area contributed by atoms with Crippen LogP contribution in [0.3, 0.4) is 0 Å². The van der Waals surface area contributed by atoms with E-state index in [2.05, 4.69) is 32.7 Å². The molecule has 3 aromatic rings. The second-order valence-electron chi connectivity index (χ2n) is 5.66. The van der Waals surface area contributed by atoms with Gasteiger partial charge < -0.3 is 15.4 Å². The van der Waals surface area contributed by atoms with Crippen LogP contribution in [-0.2, 0) is 6.61 Å². The molecule has 6 nitrogen and oxygen atoms in total. The van der Waals surface area contributed by atoms with Gasteiger partial charge in [0.1, 0.15) is 12.4 Å². The SMILES string of the molecule is CCCNc1cnnc(Nc2ccc(OCc3ccc(Cl)cc3)cc2)n1. The predicted molar refractivity (Wildman–Crippen MR) is 104 cm³/mol. The first kappa shape index (κ1) is 17.9. The Labute approximate surface area is 157 Å². The standard InChI is InChI=1S/C19H20ClN5O/c1-2-11-21-18-12-22-25-19(24-18)23-16-7-9-17(10-8-16)26-13-14-3-5-15(20)6-4-14/h3-10,12H,2,11,13H2,1H3,(H2,21,23,24,25). The molecule has 1 heterocycles. The van der Waals surface area contributed by atoms with Crippen LogP contribution >= 0.6 is 11.6 Å². The number of benzene rings is 2. The van der Waals surface area contributed by atoms with Gasteiger partial charge in [0.25, 0.3) is 0 Å². The quantitative estimate of drug-likeness (QED) is 0.601. The van der Waals surface area contributed by atoms with Crippen LogP contribution in [0.5, 0.6) is 5.75 Å². The molecular weight excluding hydrogens is 350 g/mol. The molecular formula is C19H20ClN5O. The summed E-state index contributed by atoms with van der Waals surface area (Å²) in [6.07, 6.45) is 2.62. The highest BCUT2D eigenvalue weighted by molar-refractivity contribution is 6.30. The molecule has 2 aromatic carbocycles. The van der Waals surface area contributed by atoms with E-state index in [-0.39, 0.29) is 0 Å². The van der Waals surface area contributed by atoms with Crippen LogP contribution < -0.4 is 15.4 Å². The van der Waals surface area contributed by atoms with E-state index in [4.69, 9.17) is 16.3 Å². The summed E-state index contributed by atoms with van der Waals surface area (Å²) in [7, 11) is 0. The van der Waals surface area contributed by atoms with Gasteiger partial charge in [-0.05, 0) is 48.4 Å². The summed E-state index contributed by atoms with van der Waals surface area (Å²) in [5, 5.41) is 15.0. The third-order valence-corrected chi connectivity index (χ3v) is 3.80. The second kappa shape index (κ2) is 9.01. The van der Waals surface area contributed by atoms with Crippen LogP contribution in [0, 0.1) is 0 Å². The number of aromatic nitrogens is 3. The van der Waals surface area contributed by atoms with Crippen molar-refractivity contribution in [2.75, 3.05) is 17.2 Å². The first-order chi connectivity index (χ1) is 12.7. The largest absolute Gasteiger partial charge is 0.489 e. The summed E-state index contributed by atoms with van der Waals surface area (Å²) >= 11 is 5.88. The summed E-state index contributed by atoms with van der Waals surface area (Å²) in [5.74, 6) is 1.93. The fourth-order valence-corrected chi connectivity index (χ4v) is 2.33. The summed E-state index contributed by atoms with van der Waals surface area (Å²) in [5.41, 5.74) is 1.92. The molecule has 134 valence electrons. The molecule has 0 radical (unpaired) electrons. The molecule has 0 spiro atoms. The van der Waals surface area contributed by atoms with E-state index in [1.54, 1.807) is 6.20 Å². The van der Waals surface area contributed by atoms with E-state index >= 15 is 0 Å². The lowest BCUT2D eigenvalue weighted by molar-refractivity contribution is 0.306. The van der Waals surface area contributed by atoms with Crippen LogP contribution in [-0.4, -0.2) is 21.7 Å². The van der Waals surface area contributed by atoms with Crippen molar-refractivity contribution in [1.29, 1.82) is 0 Å². The zero-order chi connectivity index (χ0) is 18.2. The highest BCUT2D eigenvalue weighted by Gasteiger charge is 2.02. The van der Waals surface area contributed by atoms with E-state index < -0.39 is 0 Å². The fraction of sp³-hybridized carbons (Fsp3) is 0.211. The Morgan fingerprint density at radius 3 is 2.54 bits per heavy atom. The molecule has 0 unspecified atom stereocenters. The highest BCUT2D eigenvalue weighted by atomic mass is 35.5. The van der Waals surface area contributed by atoms with Gasteiger partial charge >= 0.3 is 0 Å². The first-order valence-electron chi connectivity index (χ1n) is 8.41. The van der Waals surface area contributed by atoms with Crippen molar-refractivity contribution in [3.63, 3.8) is 0 Å². The van der Waals surface area contributed by atoms with Crippen molar-refractivity contribution in [2.45, 2.75) is 20.0 Å². The van der Waals surface area contributed by atoms with Gasteiger partial charge in [-0.15, -0.1) is 5.10 Å². The molecule has 0 amide bonds. The van der Waals surface area contributed by atoms with Gasteiger partial charge in [-0.3, -0.25) is 0 Å². The lowest BCUT2D eigenvalue weighted by Crippen LogP contribution is -2.06. The Balaban J connectivity index is 1.56. The predicted octanol–water partition coefficient (Wildman–Crippen LogP) is 4.67. The van der Waals surface area contributed by atoms with Gasteiger partial charge in [0, 0.05) is 17.3 Å². The van der Waals surface area contributed by atoms with Crippen LogP contribution in [0.15, 0.2) is 54.7 Å². The Kier molecular flexibility index (Phi) is 6.22. The minimum Gasteiger partial charge on any atom is -0.489 e. The zero-order valence-electron chi connectivity index (χ0n) is 14.4. The van der Waals surface area contributed by atoms with Crippen LogP contribution in [0.25, 0.3) is 0 Å². The molecule has 0 aliphatic rings. The van der Waals surface area contributed by atoms with Crippen LogP contribution in [0.2, 0.25) is 5.02 Å². The molecule has 26 heavy (non-hydrogen) atoms. The summed E-state index contributed by atoms with van der Waals surface area (Å²) in [4.78, 5) is 4.37. The van der Waals surface area contributed by atoms with Crippen molar-refractivity contribution in [3.05, 3.63) is 65.3 Å². The van der Waals surface area contributed by atoms with Crippen molar-refractivity contribution in [2.24, 2.45) is 0 Å². The molecule has 0 atom stereocenters. The minimum absolute atomic E-state index is 0.445. The number of rotatable bonds is 8. The number of nitrogens with one attached hydrogen (secondary N) is 2. The first-order valence-corrected chi connectivity index (χ1v) is 8.78. The highest BCUT2D eigenvalue weighted by Crippen LogP contribution is 2.20. The van der Waals surface area contributed by atoms with Crippen LogP contribution in [0.1, 0.15) is 18.9 Å². The Morgan fingerprint density at radius 2 is 1.81 bits per heavy atom. The Bertz CT molecular complexity index is 824. The summed E-state index contributed by atoms with van der Waals surface area (Å²) < 4.78 is 5.78. The molecule has 0 fully saturated rings. The molecule has 2 N–H and O–H groups in total. The van der Waals surface area contributed by atoms with Gasteiger partial charge in [0.2, 0.25) is 5.95 Å². The Morgan fingerprint density at radius 1 is 1.04 bits per heavy atom. The van der Waals surface area contributed by atoms with Gasteiger partial charge in [-0.2, -0.15) is 10.1 Å². The summed E-state index contributed by atoms with van der Waals surface area (Å²) in [6, 6.07) is 15.2. The molecule has 0 saturated heterocycles. The van der Waals surface area contributed by atoms with Crippen LogP contribution in [0.4, 0.5) is 17.5 Å². The molecule has 3 rings (SSSR count). The topological polar surface area (TPSA) is 72.0 Å². The maximum absolute atomic E-state index is 5.88. The van der Waals surface area contributed by atoms with E-state index in [1.165, 1.54) is 0 Å². The Hall–Kier alpha value is -2.86. The van der Waals surface area contributed by atoms with E-state index in [0.29, 0.717) is 18.4 Å².